The van der Waals surface area contributed by atoms with Crippen LogP contribution in [0.1, 0.15) is 32.1 Å². The quantitative estimate of drug-likeness (QED) is 0.449. The van der Waals surface area contributed by atoms with E-state index in [0.717, 1.165) is 22.5 Å². The van der Waals surface area contributed by atoms with Crippen molar-refractivity contribution < 1.29 is 9.59 Å². The average molecular weight is 422 g/mol. The van der Waals surface area contributed by atoms with E-state index in [4.69, 9.17) is 0 Å². The van der Waals surface area contributed by atoms with Gasteiger partial charge in [0.05, 0.1) is 0 Å². The van der Waals surface area contributed by atoms with Crippen LogP contribution in [0.3, 0.4) is 0 Å². The molecule has 0 aliphatic heterocycles. The van der Waals surface area contributed by atoms with Gasteiger partial charge < -0.3 is 10.6 Å². The lowest BCUT2D eigenvalue weighted by molar-refractivity contribution is 0.101. The third-order valence-corrected chi connectivity index (χ3v) is 4.99. The molecule has 0 aliphatic rings. The maximum atomic E-state index is 12.5. The Bertz CT molecular complexity index is 1110. The van der Waals surface area contributed by atoms with E-state index < -0.39 is 0 Å². The number of aryl methyl sites for hydroxylation is 2. The predicted octanol–water partition coefficient (Wildman–Crippen LogP) is 4.77. The van der Waals surface area contributed by atoms with Gasteiger partial charge in [0.2, 0.25) is 0 Å². The number of benzene rings is 2. The van der Waals surface area contributed by atoms with Gasteiger partial charge in [0.1, 0.15) is 11.4 Å². The molecule has 158 valence electrons. The minimum atomic E-state index is -0.249. The van der Waals surface area contributed by atoms with Crippen molar-refractivity contribution in [2.24, 2.45) is 0 Å². The number of nitrogens with zero attached hydrogens (tertiary/aromatic N) is 2. The van der Waals surface area contributed by atoms with Crippen molar-refractivity contribution in [2.75, 3.05) is 10.6 Å². The molecular formula is C26H22N4O2. The fraction of sp³-hybridized carbons (Fsp3) is 0.0769. The lowest BCUT2D eigenvalue weighted by Gasteiger charge is -2.13. The molecular weight excluding hydrogens is 400 g/mol. The zero-order valence-corrected chi connectivity index (χ0v) is 17.4. The van der Waals surface area contributed by atoms with Crippen LogP contribution in [-0.2, 0) is 12.8 Å². The molecule has 32 heavy (non-hydrogen) atoms. The van der Waals surface area contributed by atoms with Gasteiger partial charge in [-0.25, -0.2) is 0 Å². The van der Waals surface area contributed by atoms with Gasteiger partial charge in [-0.3, -0.25) is 19.6 Å². The number of hydrogen-bond donors (Lipinski definition) is 2. The molecule has 0 atom stereocenters. The van der Waals surface area contributed by atoms with Crippen molar-refractivity contribution in [3.8, 4) is 0 Å². The summed E-state index contributed by atoms with van der Waals surface area (Å²) < 4.78 is 0. The van der Waals surface area contributed by atoms with Gasteiger partial charge in [0, 0.05) is 23.8 Å². The van der Waals surface area contributed by atoms with Crippen molar-refractivity contribution in [3.05, 3.63) is 120 Å². The number of aromatic nitrogens is 2. The molecule has 2 heterocycles. The highest BCUT2D eigenvalue weighted by Gasteiger charge is 2.12. The fourth-order valence-corrected chi connectivity index (χ4v) is 3.36. The molecule has 6 nitrogen and oxygen atoms in total. The summed E-state index contributed by atoms with van der Waals surface area (Å²) in [4.78, 5) is 33.3. The molecule has 4 aromatic rings. The summed E-state index contributed by atoms with van der Waals surface area (Å²) >= 11 is 0. The van der Waals surface area contributed by atoms with Gasteiger partial charge in [0.15, 0.2) is 0 Å². The largest absolute Gasteiger partial charge is 0.320 e. The molecule has 2 aromatic carbocycles. The predicted molar refractivity (Wildman–Crippen MR) is 125 cm³/mol. The van der Waals surface area contributed by atoms with Crippen molar-refractivity contribution in [1.29, 1.82) is 0 Å². The lowest BCUT2D eigenvalue weighted by atomic mass is 10.0. The number of amides is 2. The zero-order valence-electron chi connectivity index (χ0n) is 17.4. The second-order valence-corrected chi connectivity index (χ2v) is 7.15. The first kappa shape index (κ1) is 20.9. The smallest absolute Gasteiger partial charge is 0.274 e. The number of anilines is 2. The summed E-state index contributed by atoms with van der Waals surface area (Å²) in [6.07, 6.45) is 4.57. The van der Waals surface area contributed by atoms with E-state index in [2.05, 4.69) is 20.6 Å². The highest BCUT2D eigenvalue weighted by Crippen LogP contribution is 2.22. The van der Waals surface area contributed by atoms with Crippen LogP contribution in [0.15, 0.2) is 97.3 Å². The SMILES string of the molecule is O=C(Nc1ccccc1CCc1ccccc1NC(=O)c1ccccn1)c1ccccn1. The maximum absolute atomic E-state index is 12.5. The number of para-hydroxylation sites is 2. The highest BCUT2D eigenvalue weighted by atomic mass is 16.2. The van der Waals surface area contributed by atoms with Crippen LogP contribution in [0.25, 0.3) is 0 Å². The Kier molecular flexibility index (Phi) is 6.63. The van der Waals surface area contributed by atoms with E-state index in [1.54, 1.807) is 48.8 Å². The molecule has 0 aliphatic carbocycles. The Morgan fingerprint density at radius 1 is 0.562 bits per heavy atom. The number of hydrogen-bond acceptors (Lipinski definition) is 4. The number of nitrogens with one attached hydrogen (secondary N) is 2. The molecule has 0 fully saturated rings. The summed E-state index contributed by atoms with van der Waals surface area (Å²) in [5.41, 5.74) is 4.23. The zero-order chi connectivity index (χ0) is 22.2. The first-order valence-electron chi connectivity index (χ1n) is 10.3. The van der Waals surface area contributed by atoms with Gasteiger partial charge in [-0.1, -0.05) is 48.5 Å². The Morgan fingerprint density at radius 2 is 0.969 bits per heavy atom. The number of carbonyl (C=O) groups excluding carboxylic acids is 2. The van der Waals surface area contributed by atoms with E-state index in [0.29, 0.717) is 24.2 Å². The van der Waals surface area contributed by atoms with Gasteiger partial charge in [-0.05, 0) is 60.4 Å². The second-order valence-electron chi connectivity index (χ2n) is 7.15. The highest BCUT2D eigenvalue weighted by molar-refractivity contribution is 6.03. The second kappa shape index (κ2) is 10.1. The summed E-state index contributed by atoms with van der Waals surface area (Å²) in [7, 11) is 0. The van der Waals surface area contributed by atoms with E-state index in [-0.39, 0.29) is 11.8 Å². The van der Waals surface area contributed by atoms with Crippen molar-refractivity contribution in [1.82, 2.24) is 9.97 Å². The minimum Gasteiger partial charge on any atom is -0.320 e. The molecule has 0 bridgehead atoms. The number of carbonyl (C=O) groups is 2. The van der Waals surface area contributed by atoms with Crippen LogP contribution in [0.2, 0.25) is 0 Å². The van der Waals surface area contributed by atoms with Crippen LogP contribution in [0, 0.1) is 0 Å². The third-order valence-electron chi connectivity index (χ3n) is 4.99. The maximum Gasteiger partial charge on any atom is 0.274 e. The Morgan fingerprint density at radius 3 is 1.38 bits per heavy atom. The van der Waals surface area contributed by atoms with E-state index in [1.807, 2.05) is 48.5 Å². The van der Waals surface area contributed by atoms with Gasteiger partial charge in [-0.2, -0.15) is 0 Å². The Hall–Kier alpha value is -4.32. The average Bonchev–Trinajstić information content (AvgIpc) is 2.85. The minimum absolute atomic E-state index is 0.249. The lowest BCUT2D eigenvalue weighted by Crippen LogP contribution is -2.15. The monoisotopic (exact) mass is 422 g/mol. The summed E-state index contributed by atoms with van der Waals surface area (Å²) in [6, 6.07) is 25.9. The molecule has 2 amide bonds. The molecule has 0 saturated carbocycles. The normalized spacial score (nSPS) is 10.4. The molecule has 0 unspecified atom stereocenters. The topological polar surface area (TPSA) is 84.0 Å². The molecule has 0 saturated heterocycles. The number of rotatable bonds is 7. The van der Waals surface area contributed by atoms with Crippen molar-refractivity contribution in [2.45, 2.75) is 12.8 Å². The van der Waals surface area contributed by atoms with Crippen molar-refractivity contribution in [3.63, 3.8) is 0 Å². The van der Waals surface area contributed by atoms with Gasteiger partial charge >= 0.3 is 0 Å². The van der Waals surface area contributed by atoms with E-state index >= 15 is 0 Å². The first-order valence-corrected chi connectivity index (χ1v) is 10.3. The van der Waals surface area contributed by atoms with Crippen molar-refractivity contribution >= 4 is 23.2 Å². The molecule has 2 N–H and O–H groups in total. The Balaban J connectivity index is 1.47. The van der Waals surface area contributed by atoms with Gasteiger partial charge in [-0.15, -0.1) is 0 Å². The molecule has 4 rings (SSSR count). The van der Waals surface area contributed by atoms with Crippen LogP contribution in [0.4, 0.5) is 11.4 Å². The van der Waals surface area contributed by atoms with Crippen LogP contribution < -0.4 is 10.6 Å². The first-order chi connectivity index (χ1) is 15.7. The molecule has 0 radical (unpaired) electrons. The van der Waals surface area contributed by atoms with Gasteiger partial charge in [0.25, 0.3) is 11.8 Å². The summed E-state index contributed by atoms with van der Waals surface area (Å²) in [5.74, 6) is -0.498. The fourth-order valence-electron chi connectivity index (χ4n) is 3.36. The summed E-state index contributed by atoms with van der Waals surface area (Å²) in [5, 5.41) is 5.90. The van der Waals surface area contributed by atoms with Crippen LogP contribution in [0.5, 0.6) is 0 Å². The van der Waals surface area contributed by atoms with Crippen LogP contribution in [-0.4, -0.2) is 21.8 Å². The number of pyridine rings is 2. The third kappa shape index (κ3) is 5.23. The van der Waals surface area contributed by atoms with E-state index in [1.165, 1.54) is 0 Å². The van der Waals surface area contributed by atoms with Crippen LogP contribution >= 0.6 is 0 Å². The molecule has 2 aromatic heterocycles. The Labute approximate surface area is 186 Å². The molecule has 0 spiro atoms. The standard InChI is InChI=1S/C26H22N4O2/c31-25(23-13-5-7-17-27-23)29-21-11-3-1-9-19(21)15-16-20-10-2-4-12-22(20)30-26(32)24-14-6-8-18-28-24/h1-14,17-18H,15-16H2,(H,29,31)(H,30,32). The summed E-state index contributed by atoms with van der Waals surface area (Å²) in [6.45, 7) is 0. The molecule has 6 heteroatoms. The van der Waals surface area contributed by atoms with E-state index in [9.17, 15) is 9.59 Å².